The Labute approximate surface area is 110 Å². The molecule has 0 spiro atoms. The molecule has 1 aliphatic rings. The van der Waals surface area contributed by atoms with Gasteiger partial charge in [-0.3, -0.25) is 4.90 Å². The van der Waals surface area contributed by atoms with E-state index in [4.69, 9.17) is 10.5 Å². The van der Waals surface area contributed by atoms with Crippen LogP contribution in [0, 0.1) is 5.92 Å². The van der Waals surface area contributed by atoms with Crippen molar-refractivity contribution in [1.82, 2.24) is 4.90 Å². The fraction of sp³-hybridized carbons (Fsp3) is 0.600. The summed E-state index contributed by atoms with van der Waals surface area (Å²) in [7, 11) is 1.77. The van der Waals surface area contributed by atoms with E-state index in [9.17, 15) is 0 Å². The quantitative estimate of drug-likeness (QED) is 0.886. The third kappa shape index (κ3) is 3.31. The van der Waals surface area contributed by atoms with Crippen molar-refractivity contribution in [2.45, 2.75) is 25.4 Å². The number of nitrogens with zero attached hydrogens (tertiary/aromatic N) is 1. The van der Waals surface area contributed by atoms with Crippen LogP contribution in [0.4, 0.5) is 0 Å². The zero-order chi connectivity index (χ0) is 13.0. The van der Waals surface area contributed by atoms with Crippen LogP contribution in [-0.4, -0.2) is 37.7 Å². The molecule has 3 heteroatoms. The van der Waals surface area contributed by atoms with E-state index in [-0.39, 0.29) is 6.04 Å². The summed E-state index contributed by atoms with van der Waals surface area (Å²) in [5.74, 6) is 0.664. The Morgan fingerprint density at radius 2 is 2.06 bits per heavy atom. The van der Waals surface area contributed by atoms with Crippen LogP contribution in [0.3, 0.4) is 0 Å². The van der Waals surface area contributed by atoms with Crippen LogP contribution in [0.25, 0.3) is 0 Å². The van der Waals surface area contributed by atoms with Gasteiger partial charge in [0.1, 0.15) is 0 Å². The zero-order valence-corrected chi connectivity index (χ0v) is 11.4. The molecule has 0 aliphatic carbocycles. The fourth-order valence-corrected chi connectivity index (χ4v) is 2.94. The van der Waals surface area contributed by atoms with Crippen LogP contribution < -0.4 is 5.73 Å². The molecular weight excluding hydrogens is 224 g/mol. The van der Waals surface area contributed by atoms with Gasteiger partial charge in [0.05, 0.1) is 12.6 Å². The molecule has 1 heterocycles. The minimum atomic E-state index is 0.289. The van der Waals surface area contributed by atoms with Crippen LogP contribution in [-0.2, 0) is 4.74 Å². The highest BCUT2D eigenvalue weighted by Crippen LogP contribution is 2.26. The summed E-state index contributed by atoms with van der Waals surface area (Å²) in [6.07, 6.45) is 1.13. The molecule has 0 bridgehead atoms. The van der Waals surface area contributed by atoms with E-state index in [1.165, 1.54) is 5.56 Å². The second kappa shape index (κ2) is 6.32. The summed E-state index contributed by atoms with van der Waals surface area (Å²) >= 11 is 0. The van der Waals surface area contributed by atoms with Gasteiger partial charge in [-0.15, -0.1) is 0 Å². The van der Waals surface area contributed by atoms with Crippen LogP contribution in [0.5, 0.6) is 0 Å². The fourth-order valence-electron chi connectivity index (χ4n) is 2.94. The van der Waals surface area contributed by atoms with E-state index in [1.807, 2.05) is 0 Å². The first-order chi connectivity index (χ1) is 8.70. The van der Waals surface area contributed by atoms with Crippen molar-refractivity contribution in [2.75, 3.05) is 26.8 Å². The molecular formula is C15H24N2O. The molecule has 100 valence electrons. The lowest BCUT2D eigenvalue weighted by Crippen LogP contribution is -2.48. The topological polar surface area (TPSA) is 38.5 Å². The number of ether oxygens (including phenoxy) is 1. The van der Waals surface area contributed by atoms with E-state index in [0.717, 1.165) is 26.1 Å². The van der Waals surface area contributed by atoms with E-state index < -0.39 is 0 Å². The summed E-state index contributed by atoms with van der Waals surface area (Å²) in [5.41, 5.74) is 7.47. The third-order valence-corrected chi connectivity index (χ3v) is 3.67. The number of hydrogen-bond donors (Lipinski definition) is 1. The summed E-state index contributed by atoms with van der Waals surface area (Å²) in [4.78, 5) is 2.47. The van der Waals surface area contributed by atoms with Gasteiger partial charge < -0.3 is 10.5 Å². The monoisotopic (exact) mass is 248 g/mol. The van der Waals surface area contributed by atoms with Crippen LogP contribution in [0.2, 0.25) is 0 Å². The molecule has 0 amide bonds. The minimum Gasteiger partial charge on any atom is -0.383 e. The second-order valence-electron chi connectivity index (χ2n) is 5.44. The Bertz CT molecular complexity index is 345. The first kappa shape index (κ1) is 13.5. The molecule has 2 rings (SSSR count). The van der Waals surface area contributed by atoms with Gasteiger partial charge in [-0.2, -0.15) is 0 Å². The van der Waals surface area contributed by atoms with E-state index in [2.05, 4.69) is 42.2 Å². The molecule has 1 aromatic carbocycles. The van der Waals surface area contributed by atoms with Gasteiger partial charge in [0, 0.05) is 26.2 Å². The van der Waals surface area contributed by atoms with Crippen molar-refractivity contribution in [1.29, 1.82) is 0 Å². The predicted octanol–water partition coefficient (Wildman–Crippen LogP) is 2.04. The van der Waals surface area contributed by atoms with Gasteiger partial charge in [0.2, 0.25) is 0 Å². The summed E-state index contributed by atoms with van der Waals surface area (Å²) < 4.78 is 5.40. The lowest BCUT2D eigenvalue weighted by atomic mass is 9.93. The number of methoxy groups -OCH3 is 1. The van der Waals surface area contributed by atoms with Crippen molar-refractivity contribution in [2.24, 2.45) is 11.7 Å². The standard InChI is InChI=1S/C15H24N2O/c1-12-8-14(16)10-17(9-12)15(11-18-2)13-6-4-3-5-7-13/h3-7,12,14-15H,8-11,16H2,1-2H3. The SMILES string of the molecule is COCC(c1ccccc1)N1CC(C)CC(N)C1. The van der Waals surface area contributed by atoms with Gasteiger partial charge >= 0.3 is 0 Å². The predicted molar refractivity (Wildman–Crippen MR) is 74.4 cm³/mol. The highest BCUT2D eigenvalue weighted by molar-refractivity contribution is 5.19. The van der Waals surface area contributed by atoms with Gasteiger partial charge in [0.15, 0.2) is 0 Å². The van der Waals surface area contributed by atoms with Crippen molar-refractivity contribution in [3.63, 3.8) is 0 Å². The minimum absolute atomic E-state index is 0.289. The Kier molecular flexibility index (Phi) is 4.75. The summed E-state index contributed by atoms with van der Waals surface area (Å²) in [5, 5.41) is 0. The van der Waals surface area contributed by atoms with Gasteiger partial charge in [-0.05, 0) is 17.9 Å². The number of rotatable bonds is 4. The lowest BCUT2D eigenvalue weighted by molar-refractivity contribution is 0.0552. The number of likely N-dealkylation sites (tertiary alicyclic amines) is 1. The number of hydrogen-bond acceptors (Lipinski definition) is 3. The van der Waals surface area contributed by atoms with Crippen LogP contribution in [0.15, 0.2) is 30.3 Å². The van der Waals surface area contributed by atoms with Crippen molar-refractivity contribution in [3.8, 4) is 0 Å². The Hall–Kier alpha value is -0.900. The maximum Gasteiger partial charge on any atom is 0.0659 e. The smallest absolute Gasteiger partial charge is 0.0659 e. The molecule has 1 aromatic rings. The first-order valence-corrected chi connectivity index (χ1v) is 6.74. The normalized spacial score (nSPS) is 27.1. The first-order valence-electron chi connectivity index (χ1n) is 6.74. The van der Waals surface area contributed by atoms with Crippen LogP contribution >= 0.6 is 0 Å². The second-order valence-corrected chi connectivity index (χ2v) is 5.44. The molecule has 1 aliphatic heterocycles. The molecule has 2 N–H and O–H groups in total. The lowest BCUT2D eigenvalue weighted by Gasteiger charge is -2.40. The van der Waals surface area contributed by atoms with Crippen LogP contribution in [0.1, 0.15) is 24.9 Å². The number of benzene rings is 1. The molecule has 0 saturated carbocycles. The van der Waals surface area contributed by atoms with Crippen molar-refractivity contribution >= 4 is 0 Å². The van der Waals surface area contributed by atoms with E-state index >= 15 is 0 Å². The Morgan fingerprint density at radius 1 is 1.33 bits per heavy atom. The molecule has 3 nitrogen and oxygen atoms in total. The average molecular weight is 248 g/mol. The summed E-state index contributed by atoms with van der Waals surface area (Å²) in [6.45, 7) is 5.08. The molecule has 1 fully saturated rings. The van der Waals surface area contributed by atoms with Gasteiger partial charge in [-0.25, -0.2) is 0 Å². The molecule has 18 heavy (non-hydrogen) atoms. The summed E-state index contributed by atoms with van der Waals surface area (Å²) in [6, 6.07) is 11.2. The van der Waals surface area contributed by atoms with Crippen molar-refractivity contribution < 1.29 is 4.74 Å². The molecule has 0 aromatic heterocycles. The van der Waals surface area contributed by atoms with Gasteiger partial charge in [0.25, 0.3) is 0 Å². The maximum atomic E-state index is 6.15. The van der Waals surface area contributed by atoms with Crippen molar-refractivity contribution in [3.05, 3.63) is 35.9 Å². The largest absolute Gasteiger partial charge is 0.383 e. The Morgan fingerprint density at radius 3 is 2.67 bits per heavy atom. The number of nitrogens with two attached hydrogens (primary N) is 1. The molecule has 3 unspecified atom stereocenters. The molecule has 1 saturated heterocycles. The highest BCUT2D eigenvalue weighted by Gasteiger charge is 2.28. The Balaban J connectivity index is 2.14. The highest BCUT2D eigenvalue weighted by atomic mass is 16.5. The zero-order valence-electron chi connectivity index (χ0n) is 11.4. The van der Waals surface area contributed by atoms with E-state index in [0.29, 0.717) is 12.0 Å². The molecule has 3 atom stereocenters. The average Bonchev–Trinajstić information content (AvgIpc) is 2.36. The van der Waals surface area contributed by atoms with Gasteiger partial charge in [-0.1, -0.05) is 37.3 Å². The molecule has 0 radical (unpaired) electrons. The third-order valence-electron chi connectivity index (χ3n) is 3.67. The van der Waals surface area contributed by atoms with E-state index in [1.54, 1.807) is 7.11 Å². The maximum absolute atomic E-state index is 6.15. The number of piperidine rings is 1.